The predicted octanol–water partition coefficient (Wildman–Crippen LogP) is 2.37. The van der Waals surface area contributed by atoms with Crippen molar-refractivity contribution in [1.29, 1.82) is 0 Å². The highest BCUT2D eigenvalue weighted by atomic mass is 32.1. The van der Waals surface area contributed by atoms with Gasteiger partial charge in [-0.15, -0.1) is 12.2 Å². The van der Waals surface area contributed by atoms with Gasteiger partial charge in [-0.1, -0.05) is 24.3 Å². The van der Waals surface area contributed by atoms with Crippen LogP contribution in [0.4, 0.5) is 22.7 Å². The van der Waals surface area contributed by atoms with E-state index in [4.69, 9.17) is 24.4 Å². The van der Waals surface area contributed by atoms with Crippen molar-refractivity contribution in [2.75, 3.05) is 21.3 Å². The second kappa shape index (κ2) is 7.03. The zero-order valence-electron chi connectivity index (χ0n) is 17.5. The molecule has 0 unspecified atom stereocenters. The third-order valence-electron chi connectivity index (χ3n) is 6.91. The standard InChI is InChI=1S/C24H16N6O2S2/c31-21-15(17-19-13-9(7-25-17)3-1-5-11(13)27-23(33)29-19)22(32)16(21)18-20-14-10(8-26-18)4-2-6-12(14)28-24(34)30-20/h1-8,15-16,21-22H,(H2,27,29,33)(H2,28,30,34)/q-2. The largest absolute Gasteiger partial charge is 0.851 e. The van der Waals surface area contributed by atoms with Crippen LogP contribution in [0, 0.1) is 0 Å². The van der Waals surface area contributed by atoms with Gasteiger partial charge >= 0.3 is 0 Å². The Hall–Kier alpha value is -3.44. The number of benzene rings is 2. The van der Waals surface area contributed by atoms with Gasteiger partial charge in [-0.25, -0.2) is 0 Å². The van der Waals surface area contributed by atoms with E-state index in [2.05, 4.69) is 31.2 Å². The number of nitrogens with zero attached hydrogens (tertiary/aromatic N) is 2. The quantitative estimate of drug-likeness (QED) is 0.316. The Morgan fingerprint density at radius 1 is 0.647 bits per heavy atom. The summed E-state index contributed by atoms with van der Waals surface area (Å²) in [4.78, 5) is 9.10. The van der Waals surface area contributed by atoms with Gasteiger partial charge in [0.2, 0.25) is 0 Å². The Labute approximate surface area is 204 Å². The molecule has 4 aromatic rings. The van der Waals surface area contributed by atoms with Crippen LogP contribution >= 0.6 is 24.4 Å². The van der Waals surface area contributed by atoms with Gasteiger partial charge in [-0.05, 0) is 48.4 Å². The molecular weight excluding hydrogens is 468 g/mol. The van der Waals surface area contributed by atoms with Gasteiger partial charge in [0.25, 0.3) is 0 Å². The lowest BCUT2D eigenvalue weighted by atomic mass is 9.64. The van der Waals surface area contributed by atoms with Crippen LogP contribution < -0.4 is 31.5 Å². The number of hydrogen-bond acceptors (Lipinski definition) is 6. The molecule has 0 atom stereocenters. The number of aromatic nitrogens is 2. The molecule has 3 aliphatic rings. The third-order valence-corrected chi connectivity index (χ3v) is 7.32. The number of anilines is 4. The lowest BCUT2D eigenvalue weighted by molar-refractivity contribution is -0.536. The van der Waals surface area contributed by atoms with Gasteiger partial charge in [0.15, 0.2) is 10.2 Å². The van der Waals surface area contributed by atoms with E-state index in [1.807, 2.05) is 36.4 Å². The van der Waals surface area contributed by atoms with E-state index in [9.17, 15) is 10.2 Å². The molecule has 0 bridgehead atoms. The molecule has 0 saturated heterocycles. The highest BCUT2D eigenvalue weighted by Crippen LogP contribution is 2.51. The Balaban J connectivity index is 1.34. The fourth-order valence-electron chi connectivity index (χ4n) is 5.38. The summed E-state index contributed by atoms with van der Waals surface area (Å²) in [7, 11) is 0. The second-order valence-electron chi connectivity index (χ2n) is 8.72. The van der Waals surface area contributed by atoms with Gasteiger partial charge in [-0.3, -0.25) is 9.97 Å². The third kappa shape index (κ3) is 2.65. The molecule has 1 saturated carbocycles. The summed E-state index contributed by atoms with van der Waals surface area (Å²) >= 11 is 10.7. The Bertz CT molecular complexity index is 1450. The number of thiocarbonyl (C=S) groups is 2. The summed E-state index contributed by atoms with van der Waals surface area (Å²) in [5.74, 6) is -1.64. The summed E-state index contributed by atoms with van der Waals surface area (Å²) in [5, 5.41) is 44.1. The minimum Gasteiger partial charge on any atom is -0.851 e. The number of nitrogens with one attached hydrogen (secondary N) is 4. The zero-order valence-corrected chi connectivity index (χ0v) is 19.1. The first kappa shape index (κ1) is 20.0. The highest BCUT2D eigenvalue weighted by Gasteiger charge is 2.43. The van der Waals surface area contributed by atoms with E-state index in [0.29, 0.717) is 33.0 Å². The first-order valence-corrected chi connectivity index (χ1v) is 11.6. The Kier molecular flexibility index (Phi) is 4.13. The molecule has 4 heterocycles. The molecular formula is C24H16N6O2S2-2. The SMILES string of the molecule is [O-]C1C(c2ncc3cccc4c3c2NC(=S)N4)C([O-])C1c1ncc2cccc3c2c1NC(=S)N3. The second-order valence-corrected chi connectivity index (χ2v) is 9.53. The van der Waals surface area contributed by atoms with E-state index in [0.717, 1.165) is 32.9 Å². The molecule has 2 aliphatic heterocycles. The van der Waals surface area contributed by atoms with E-state index in [1.165, 1.54) is 0 Å². The topological polar surface area (TPSA) is 120 Å². The average Bonchev–Trinajstić information content (AvgIpc) is 2.82. The molecule has 1 aliphatic carbocycles. The van der Waals surface area contributed by atoms with Gasteiger partial charge in [-0.2, -0.15) is 0 Å². The molecule has 34 heavy (non-hydrogen) atoms. The van der Waals surface area contributed by atoms with Gasteiger partial charge < -0.3 is 31.5 Å². The van der Waals surface area contributed by atoms with Gasteiger partial charge in [0.05, 0.1) is 34.1 Å². The maximum absolute atomic E-state index is 13.6. The van der Waals surface area contributed by atoms with Crippen LogP contribution in [-0.2, 0) is 0 Å². The molecule has 7 rings (SSSR count). The molecule has 10 heteroatoms. The summed E-state index contributed by atoms with van der Waals surface area (Å²) in [6.07, 6.45) is 0.996. The van der Waals surface area contributed by atoms with Crippen molar-refractivity contribution >= 4 is 79.0 Å². The lowest BCUT2D eigenvalue weighted by Crippen LogP contribution is -2.64. The van der Waals surface area contributed by atoms with Crippen LogP contribution in [0.3, 0.4) is 0 Å². The van der Waals surface area contributed by atoms with E-state index < -0.39 is 24.0 Å². The summed E-state index contributed by atoms with van der Waals surface area (Å²) < 4.78 is 0. The predicted molar refractivity (Wildman–Crippen MR) is 136 cm³/mol. The Morgan fingerprint density at radius 2 is 1.09 bits per heavy atom. The molecule has 2 aromatic heterocycles. The minimum atomic E-state index is -1.21. The Morgan fingerprint density at radius 3 is 1.53 bits per heavy atom. The number of rotatable bonds is 2. The highest BCUT2D eigenvalue weighted by molar-refractivity contribution is 7.81. The molecule has 8 nitrogen and oxygen atoms in total. The summed E-state index contributed by atoms with van der Waals surface area (Å²) in [5.41, 5.74) is 3.86. The number of hydrogen-bond donors (Lipinski definition) is 4. The number of pyridine rings is 2. The maximum Gasteiger partial charge on any atom is 0.175 e. The molecule has 4 N–H and O–H groups in total. The smallest absolute Gasteiger partial charge is 0.175 e. The van der Waals surface area contributed by atoms with Crippen LogP contribution in [0.2, 0.25) is 0 Å². The van der Waals surface area contributed by atoms with Crippen LogP contribution in [-0.4, -0.2) is 32.4 Å². The monoisotopic (exact) mass is 484 g/mol. The average molecular weight is 485 g/mol. The fourth-order valence-corrected chi connectivity index (χ4v) is 5.80. The molecule has 168 valence electrons. The molecule has 0 radical (unpaired) electrons. The van der Waals surface area contributed by atoms with Crippen molar-refractivity contribution in [1.82, 2.24) is 9.97 Å². The van der Waals surface area contributed by atoms with Gasteiger partial charge in [0.1, 0.15) is 0 Å². The van der Waals surface area contributed by atoms with Gasteiger partial charge in [0, 0.05) is 33.9 Å². The van der Waals surface area contributed by atoms with E-state index in [1.54, 1.807) is 12.4 Å². The zero-order chi connectivity index (χ0) is 23.1. The van der Waals surface area contributed by atoms with Crippen molar-refractivity contribution in [3.05, 3.63) is 60.2 Å². The van der Waals surface area contributed by atoms with Crippen molar-refractivity contribution in [3.63, 3.8) is 0 Å². The molecule has 0 spiro atoms. The minimum absolute atomic E-state index is 0.411. The van der Waals surface area contributed by atoms with Crippen molar-refractivity contribution in [2.45, 2.75) is 24.0 Å². The first-order chi connectivity index (χ1) is 16.5. The van der Waals surface area contributed by atoms with Crippen LogP contribution in [0.5, 0.6) is 0 Å². The van der Waals surface area contributed by atoms with Crippen molar-refractivity contribution in [2.24, 2.45) is 0 Å². The maximum atomic E-state index is 13.6. The van der Waals surface area contributed by atoms with Crippen LogP contribution in [0.15, 0.2) is 48.8 Å². The van der Waals surface area contributed by atoms with E-state index >= 15 is 0 Å². The van der Waals surface area contributed by atoms with E-state index in [-0.39, 0.29) is 0 Å². The summed E-state index contributed by atoms with van der Waals surface area (Å²) in [6.45, 7) is 0. The van der Waals surface area contributed by atoms with Crippen LogP contribution in [0.25, 0.3) is 21.5 Å². The van der Waals surface area contributed by atoms with Crippen molar-refractivity contribution < 1.29 is 10.2 Å². The molecule has 0 amide bonds. The molecule has 1 fully saturated rings. The van der Waals surface area contributed by atoms with Crippen LogP contribution in [0.1, 0.15) is 23.2 Å². The lowest BCUT2D eigenvalue weighted by Gasteiger charge is -2.61. The fraction of sp³-hybridized carbons (Fsp3) is 0.167. The normalized spacial score (nSPS) is 24.6. The molecule has 2 aromatic carbocycles. The summed E-state index contributed by atoms with van der Waals surface area (Å²) in [6, 6.07) is 11.5. The van der Waals surface area contributed by atoms with Crippen molar-refractivity contribution in [3.8, 4) is 0 Å². The first-order valence-electron chi connectivity index (χ1n) is 10.8.